The molecule has 1 saturated heterocycles. The molecule has 8 heteroatoms. The van der Waals surface area contributed by atoms with Gasteiger partial charge in [0.2, 0.25) is 0 Å². The number of nitrogens with zero attached hydrogens (tertiary/aromatic N) is 1. The molecule has 2 aliphatic rings. The van der Waals surface area contributed by atoms with Gasteiger partial charge in [-0.05, 0) is 28.2 Å². The summed E-state index contributed by atoms with van der Waals surface area (Å²) < 4.78 is 5.39. The number of hydrogen-bond donors (Lipinski definition) is 3. The minimum atomic E-state index is -1.93. The van der Waals surface area contributed by atoms with E-state index in [-0.39, 0.29) is 38.6 Å². The van der Waals surface area contributed by atoms with Gasteiger partial charge in [-0.25, -0.2) is 9.59 Å². The van der Waals surface area contributed by atoms with Crippen molar-refractivity contribution in [3.8, 4) is 23.0 Å². The summed E-state index contributed by atoms with van der Waals surface area (Å²) in [6, 6.07) is 16.1. The molecular weight excluding hydrogens is 412 g/mol. The Morgan fingerprint density at radius 2 is 1.72 bits per heavy atom. The average molecular weight is 434 g/mol. The second kappa shape index (κ2) is 8.73. The van der Waals surface area contributed by atoms with Gasteiger partial charge in [-0.1, -0.05) is 54.5 Å². The van der Waals surface area contributed by atoms with Crippen molar-refractivity contribution in [1.82, 2.24) is 10.2 Å². The number of amides is 2. The quantitative estimate of drug-likeness (QED) is 0.629. The Bertz CT molecular complexity index is 1090. The fourth-order valence-corrected chi connectivity index (χ4v) is 4.11. The van der Waals surface area contributed by atoms with Crippen molar-refractivity contribution in [2.24, 2.45) is 0 Å². The highest BCUT2D eigenvalue weighted by Gasteiger charge is 2.44. The number of carbonyl (C=O) groups excluding carboxylic acids is 2. The molecule has 0 saturated carbocycles. The summed E-state index contributed by atoms with van der Waals surface area (Å²) in [6.07, 6.45) is -0.691. The number of nitrogens with one attached hydrogen (secondary N) is 1. The molecular formula is C24H22N2O6. The first kappa shape index (κ1) is 21.4. The number of hydrogen-bond acceptors (Lipinski definition) is 5. The number of aliphatic hydroxyl groups is 1. The van der Waals surface area contributed by atoms with Gasteiger partial charge in [0.1, 0.15) is 6.61 Å². The number of alkyl carbamates (subject to hydrolysis) is 1. The lowest BCUT2D eigenvalue weighted by Crippen LogP contribution is -2.42. The van der Waals surface area contributed by atoms with Crippen LogP contribution >= 0.6 is 0 Å². The molecule has 2 aromatic carbocycles. The van der Waals surface area contributed by atoms with Crippen molar-refractivity contribution in [1.29, 1.82) is 0 Å². The Labute approximate surface area is 184 Å². The van der Waals surface area contributed by atoms with Crippen LogP contribution in [0.3, 0.4) is 0 Å². The minimum absolute atomic E-state index is 0.0479. The van der Waals surface area contributed by atoms with Gasteiger partial charge in [0.05, 0.1) is 13.1 Å². The predicted octanol–water partition coefficient (Wildman–Crippen LogP) is 1.58. The zero-order chi connectivity index (χ0) is 22.7. The van der Waals surface area contributed by atoms with Crippen molar-refractivity contribution in [3.05, 3.63) is 59.7 Å². The van der Waals surface area contributed by atoms with E-state index in [0.29, 0.717) is 0 Å². The smallest absolute Gasteiger partial charge is 0.407 e. The van der Waals surface area contributed by atoms with Crippen LogP contribution in [0.5, 0.6) is 0 Å². The van der Waals surface area contributed by atoms with Gasteiger partial charge >= 0.3 is 12.1 Å². The molecule has 0 aromatic heterocycles. The lowest BCUT2D eigenvalue weighted by Gasteiger charge is -2.17. The maximum atomic E-state index is 12.1. The van der Waals surface area contributed by atoms with Crippen LogP contribution < -0.4 is 5.32 Å². The SMILES string of the molecule is O=C(NCC#CC(=O)N1CCC(O)(C(=O)O)C1)OCC1c2ccccc2-c2ccccc21. The third-order valence-corrected chi connectivity index (χ3v) is 5.79. The molecule has 0 radical (unpaired) electrons. The summed E-state index contributed by atoms with van der Waals surface area (Å²) in [5.41, 5.74) is 2.56. The monoisotopic (exact) mass is 434 g/mol. The lowest BCUT2D eigenvalue weighted by molar-refractivity contribution is -0.157. The number of rotatable bonds is 4. The molecule has 4 rings (SSSR count). The standard InChI is InChI=1S/C24H22N2O6/c27-21(26-13-11-24(31,15-26)22(28)29)10-5-12-25-23(30)32-14-20-18-8-3-1-6-16(18)17-7-2-4-9-19(17)20/h1-4,6-9,20,31H,11-15H2,(H,25,30)(H,28,29). The first-order valence-electron chi connectivity index (χ1n) is 10.2. The lowest BCUT2D eigenvalue weighted by atomic mass is 9.98. The number of carboxylic acid groups (broad SMARTS) is 1. The molecule has 1 heterocycles. The van der Waals surface area contributed by atoms with E-state index in [1.165, 1.54) is 4.90 Å². The van der Waals surface area contributed by atoms with Gasteiger partial charge in [-0.2, -0.15) is 0 Å². The normalized spacial score (nSPS) is 18.8. The van der Waals surface area contributed by atoms with E-state index in [1.54, 1.807) is 0 Å². The van der Waals surface area contributed by atoms with E-state index in [1.807, 2.05) is 36.4 Å². The molecule has 1 aliphatic carbocycles. The van der Waals surface area contributed by atoms with E-state index in [0.717, 1.165) is 22.3 Å². The maximum absolute atomic E-state index is 12.1. The van der Waals surface area contributed by atoms with Crippen molar-refractivity contribution in [3.63, 3.8) is 0 Å². The van der Waals surface area contributed by atoms with Gasteiger partial charge in [-0.15, -0.1) is 0 Å². The molecule has 1 atom stereocenters. The Morgan fingerprint density at radius 3 is 2.31 bits per heavy atom. The second-order valence-corrected chi connectivity index (χ2v) is 7.79. The number of carboxylic acids is 1. The third-order valence-electron chi connectivity index (χ3n) is 5.79. The molecule has 0 spiro atoms. The number of benzene rings is 2. The molecule has 1 aliphatic heterocycles. The Kier molecular flexibility index (Phi) is 5.84. The maximum Gasteiger partial charge on any atom is 0.407 e. The van der Waals surface area contributed by atoms with Crippen LogP contribution in [0.2, 0.25) is 0 Å². The number of likely N-dealkylation sites (tertiary alicyclic amines) is 1. The number of carbonyl (C=O) groups is 3. The fourth-order valence-electron chi connectivity index (χ4n) is 4.11. The van der Waals surface area contributed by atoms with Crippen molar-refractivity contribution < 1.29 is 29.3 Å². The molecule has 2 amide bonds. The number of fused-ring (bicyclic) bond motifs is 3. The molecule has 2 aromatic rings. The second-order valence-electron chi connectivity index (χ2n) is 7.79. The van der Waals surface area contributed by atoms with Gasteiger partial charge in [0.15, 0.2) is 5.60 Å². The Hall–Kier alpha value is -3.83. The van der Waals surface area contributed by atoms with Crippen LogP contribution in [0.25, 0.3) is 11.1 Å². The van der Waals surface area contributed by atoms with Crippen LogP contribution in [0.15, 0.2) is 48.5 Å². The van der Waals surface area contributed by atoms with Gasteiger partial charge in [0.25, 0.3) is 5.91 Å². The third kappa shape index (κ3) is 4.15. The van der Waals surface area contributed by atoms with Crippen LogP contribution in [-0.2, 0) is 14.3 Å². The highest BCUT2D eigenvalue weighted by Crippen LogP contribution is 2.44. The largest absolute Gasteiger partial charge is 0.479 e. The molecule has 8 nitrogen and oxygen atoms in total. The topological polar surface area (TPSA) is 116 Å². The van der Waals surface area contributed by atoms with Crippen molar-refractivity contribution in [2.45, 2.75) is 17.9 Å². The Morgan fingerprint density at radius 1 is 1.09 bits per heavy atom. The summed E-state index contributed by atoms with van der Waals surface area (Å²) in [7, 11) is 0. The van der Waals surface area contributed by atoms with Crippen LogP contribution in [-0.4, -0.2) is 64.9 Å². The first-order valence-corrected chi connectivity index (χ1v) is 10.2. The zero-order valence-corrected chi connectivity index (χ0v) is 17.2. The highest BCUT2D eigenvalue weighted by atomic mass is 16.5. The number of β-amino-alcohol motifs (C(OH)–C–C–N with tert-alkyl or cyclic N) is 1. The van der Waals surface area contributed by atoms with E-state index in [9.17, 15) is 19.5 Å². The molecule has 164 valence electrons. The van der Waals surface area contributed by atoms with Gasteiger partial charge in [0, 0.05) is 18.9 Å². The van der Waals surface area contributed by atoms with Gasteiger partial charge in [-0.3, -0.25) is 4.79 Å². The summed E-state index contributed by atoms with van der Waals surface area (Å²) in [6.45, 7) is -0.126. The van der Waals surface area contributed by atoms with E-state index in [4.69, 9.17) is 9.84 Å². The first-order chi connectivity index (χ1) is 15.4. The molecule has 3 N–H and O–H groups in total. The summed E-state index contributed by atoms with van der Waals surface area (Å²) in [5.74, 6) is 2.85. The van der Waals surface area contributed by atoms with Crippen molar-refractivity contribution in [2.75, 3.05) is 26.2 Å². The molecule has 1 fully saturated rings. The molecule has 0 bridgehead atoms. The highest BCUT2D eigenvalue weighted by molar-refractivity contribution is 5.94. The van der Waals surface area contributed by atoms with Crippen LogP contribution in [0.4, 0.5) is 4.79 Å². The van der Waals surface area contributed by atoms with E-state index in [2.05, 4.69) is 29.3 Å². The van der Waals surface area contributed by atoms with E-state index < -0.39 is 23.6 Å². The summed E-state index contributed by atoms with van der Waals surface area (Å²) >= 11 is 0. The predicted molar refractivity (Wildman–Crippen MR) is 115 cm³/mol. The Balaban J connectivity index is 1.27. The van der Waals surface area contributed by atoms with Crippen LogP contribution in [0, 0.1) is 11.8 Å². The number of aliphatic carboxylic acids is 1. The zero-order valence-electron chi connectivity index (χ0n) is 17.2. The van der Waals surface area contributed by atoms with E-state index >= 15 is 0 Å². The fraction of sp³-hybridized carbons (Fsp3) is 0.292. The minimum Gasteiger partial charge on any atom is -0.479 e. The summed E-state index contributed by atoms with van der Waals surface area (Å²) in [5, 5.41) is 21.4. The molecule has 1 unspecified atom stereocenters. The van der Waals surface area contributed by atoms with Crippen molar-refractivity contribution >= 4 is 18.0 Å². The summed E-state index contributed by atoms with van der Waals surface area (Å²) in [4.78, 5) is 36.3. The van der Waals surface area contributed by atoms with Crippen LogP contribution in [0.1, 0.15) is 23.5 Å². The average Bonchev–Trinajstić information content (AvgIpc) is 3.35. The number of ether oxygens (including phenoxy) is 1. The van der Waals surface area contributed by atoms with Gasteiger partial charge < -0.3 is 25.2 Å². The molecule has 32 heavy (non-hydrogen) atoms.